The Hall–Kier alpha value is -5.95. The molecule has 0 aliphatic carbocycles. The second-order valence-corrected chi connectivity index (χ2v) is 20.5. The van der Waals surface area contributed by atoms with Gasteiger partial charge in [0.1, 0.15) is 47.8 Å². The van der Waals surface area contributed by atoms with Crippen LogP contribution in [-0.2, 0) is 27.7 Å². The second kappa shape index (κ2) is 19.6. The maximum atomic E-state index is 14.4. The van der Waals surface area contributed by atoms with E-state index in [1.165, 1.54) is 42.1 Å². The lowest BCUT2D eigenvalue weighted by atomic mass is 9.92. The van der Waals surface area contributed by atoms with Gasteiger partial charge in [-0.25, -0.2) is 37.5 Å². The number of fused-ring (bicyclic) bond motifs is 7. The maximum Gasteiger partial charge on any atom is 0.345 e. The molecule has 0 amide bonds. The minimum absolute atomic E-state index is 0.0114. The number of carboxylic acid groups (broad SMARTS) is 1. The van der Waals surface area contributed by atoms with Crippen LogP contribution in [0.5, 0.6) is 23.1 Å². The molecule has 4 aromatic carbocycles. The molecule has 6 heterocycles. The van der Waals surface area contributed by atoms with Crippen molar-refractivity contribution in [3.05, 3.63) is 124 Å². The van der Waals surface area contributed by atoms with Gasteiger partial charge in [-0.2, -0.15) is 0 Å². The second-order valence-electron chi connectivity index (χ2n) is 16.8. The molecule has 3 aromatic heterocycles. The van der Waals surface area contributed by atoms with Gasteiger partial charge in [-0.15, -0.1) is 11.3 Å². The Labute approximate surface area is 406 Å². The van der Waals surface area contributed by atoms with E-state index in [0.717, 1.165) is 32.4 Å². The SMILES string of the molecule is Cc1c(Cl)c2c(Cl)c(C)c1-c1c(-c3ccc(F)cc3)sc3ncnc(c13)O[C@@H](C(=O)O)Cc1cc(ccc1OCc1ccnc(-c3ccccc3S(C)(=O)=O)n1)OC[C@@H](CN1CCN(C)CC1)O2. The van der Waals surface area contributed by atoms with Crippen LogP contribution in [0.4, 0.5) is 4.39 Å². The average Bonchev–Trinajstić information content (AvgIpc) is 3.71. The smallest absolute Gasteiger partial charge is 0.345 e. The molecule has 0 spiro atoms. The molecule has 2 atom stereocenters. The van der Waals surface area contributed by atoms with Gasteiger partial charge >= 0.3 is 5.97 Å². The summed E-state index contributed by atoms with van der Waals surface area (Å²) in [6.07, 6.45) is 1.65. The zero-order valence-electron chi connectivity index (χ0n) is 37.3. The first-order valence-corrected chi connectivity index (χ1v) is 25.1. The zero-order chi connectivity index (χ0) is 47.9. The fourth-order valence-corrected chi connectivity index (χ4v) is 11.0. The van der Waals surface area contributed by atoms with Gasteiger partial charge in [-0.05, 0) is 91.7 Å². The number of hydrogen-bond acceptors (Lipinski definition) is 14. The maximum absolute atomic E-state index is 14.4. The van der Waals surface area contributed by atoms with Gasteiger partial charge in [0.25, 0.3) is 0 Å². The van der Waals surface area contributed by atoms with E-state index in [0.29, 0.717) is 77.8 Å². The van der Waals surface area contributed by atoms with Crippen LogP contribution in [0, 0.1) is 19.7 Å². The van der Waals surface area contributed by atoms with Crippen molar-refractivity contribution in [3.63, 3.8) is 0 Å². The first-order valence-electron chi connectivity index (χ1n) is 21.6. The minimum Gasteiger partial charge on any atom is -0.490 e. The van der Waals surface area contributed by atoms with Gasteiger partial charge in [-0.3, -0.25) is 4.90 Å². The Morgan fingerprint density at radius 1 is 0.941 bits per heavy atom. The van der Waals surface area contributed by atoms with E-state index in [1.807, 2.05) is 13.8 Å². The quantitative estimate of drug-likeness (QED) is 0.146. The number of carbonyl (C=O) groups is 1. The fraction of sp³-hybridized carbons (Fsp3) is 0.286. The molecule has 0 unspecified atom stereocenters. The van der Waals surface area contributed by atoms with Crippen LogP contribution in [0.2, 0.25) is 10.0 Å². The van der Waals surface area contributed by atoms with Crippen LogP contribution in [-0.4, -0.2) is 114 Å². The van der Waals surface area contributed by atoms with Crippen molar-refractivity contribution in [1.29, 1.82) is 0 Å². The summed E-state index contributed by atoms with van der Waals surface area (Å²) in [6, 6.07) is 19.3. The van der Waals surface area contributed by atoms with Crippen molar-refractivity contribution in [1.82, 2.24) is 29.7 Å². The monoisotopic (exact) mass is 998 g/mol. The van der Waals surface area contributed by atoms with Gasteiger partial charge in [0.15, 0.2) is 21.4 Å². The Morgan fingerprint density at radius 3 is 2.40 bits per heavy atom. The van der Waals surface area contributed by atoms with Gasteiger partial charge in [0.05, 0.1) is 26.0 Å². The third-order valence-corrected chi connectivity index (χ3v) is 15.2. The van der Waals surface area contributed by atoms with Crippen LogP contribution >= 0.6 is 34.5 Å². The van der Waals surface area contributed by atoms with Crippen molar-refractivity contribution in [3.8, 4) is 56.1 Å². The zero-order valence-corrected chi connectivity index (χ0v) is 40.5. The van der Waals surface area contributed by atoms with E-state index < -0.39 is 33.8 Å². The lowest BCUT2D eigenvalue weighted by Crippen LogP contribution is -2.49. The van der Waals surface area contributed by atoms with Crippen molar-refractivity contribution >= 4 is 60.6 Å². The summed E-state index contributed by atoms with van der Waals surface area (Å²) in [5, 5.41) is 11.8. The van der Waals surface area contributed by atoms with E-state index in [9.17, 15) is 22.7 Å². The highest BCUT2D eigenvalue weighted by Gasteiger charge is 2.32. The number of nitrogens with zero attached hydrogens (tertiary/aromatic N) is 6. The number of halogens is 3. The van der Waals surface area contributed by atoms with Gasteiger partial charge in [0, 0.05) is 73.2 Å². The number of sulfone groups is 1. The molecule has 3 aliphatic rings. The van der Waals surface area contributed by atoms with Crippen molar-refractivity contribution < 1.29 is 41.7 Å². The Morgan fingerprint density at radius 2 is 1.68 bits per heavy atom. The summed E-state index contributed by atoms with van der Waals surface area (Å²) in [6.45, 7) is 7.56. The summed E-state index contributed by atoms with van der Waals surface area (Å²) < 4.78 is 65.8. The highest BCUT2D eigenvalue weighted by Crippen LogP contribution is 2.53. The van der Waals surface area contributed by atoms with Crippen LogP contribution in [0.25, 0.3) is 43.2 Å². The Balaban J connectivity index is 1.16. The van der Waals surface area contributed by atoms with E-state index in [1.54, 1.807) is 54.6 Å². The predicted molar refractivity (Wildman–Crippen MR) is 259 cm³/mol. The molecule has 0 saturated carbocycles. The van der Waals surface area contributed by atoms with E-state index in [2.05, 4.69) is 36.8 Å². The largest absolute Gasteiger partial charge is 0.490 e. The van der Waals surface area contributed by atoms with Gasteiger partial charge < -0.3 is 29.0 Å². The molecule has 68 heavy (non-hydrogen) atoms. The summed E-state index contributed by atoms with van der Waals surface area (Å²) in [5.74, 6) is -0.500. The van der Waals surface area contributed by atoms with Crippen molar-refractivity contribution in [2.45, 2.75) is 44.0 Å². The number of rotatable bonds is 9. The van der Waals surface area contributed by atoms with E-state index in [-0.39, 0.29) is 52.0 Å². The highest BCUT2D eigenvalue weighted by molar-refractivity contribution is 7.90. The number of thiophene rings is 1. The topological polar surface area (TPSA) is 166 Å². The summed E-state index contributed by atoms with van der Waals surface area (Å²) in [4.78, 5) is 37.3. The molecular formula is C49H45Cl2FN6O8S2. The lowest BCUT2D eigenvalue weighted by Gasteiger charge is -2.35. The molecule has 14 nitrogen and oxygen atoms in total. The van der Waals surface area contributed by atoms with Gasteiger partial charge in [-0.1, -0.05) is 47.5 Å². The number of benzene rings is 4. The molecule has 0 radical (unpaired) electrons. The number of carboxylic acids is 1. The van der Waals surface area contributed by atoms with Crippen LogP contribution in [0.3, 0.4) is 0 Å². The third kappa shape index (κ3) is 9.82. The first-order chi connectivity index (χ1) is 32.6. The van der Waals surface area contributed by atoms with Crippen molar-refractivity contribution in [2.24, 2.45) is 0 Å². The first kappa shape index (κ1) is 47.1. The standard InChI is InChI=1S/C49H45Cl2FN6O8S2/c1-27-39-28(2)43(51)44(42(27)50)65-34(23-58-19-17-57(3)18-20-58)25-63-33-13-14-36(64-24-32-15-16-53-46(56-32)35-7-5-6-8-38(35)68(4,61)62)30(21-33)22-37(49(59)60)66-47-41-40(39)45(67-48(41)55-26-54-47)29-9-11-31(52)12-10-29/h5-16,21,26,34,37H,17-20,22-25H2,1-4H3,(H,59,60)/t34-,37-/m1/s1. The number of likely N-dealkylation sites (N-methyl/N-ethyl adjacent to an activating group) is 1. The van der Waals surface area contributed by atoms with Crippen LogP contribution in [0.15, 0.2) is 90.2 Å². The highest BCUT2D eigenvalue weighted by atomic mass is 35.5. The van der Waals surface area contributed by atoms with E-state index in [4.69, 9.17) is 42.1 Å². The normalized spacial score (nSPS) is 17.0. The Kier molecular flexibility index (Phi) is 13.6. The molecule has 352 valence electrons. The third-order valence-electron chi connectivity index (χ3n) is 12.0. The van der Waals surface area contributed by atoms with Crippen LogP contribution < -0.4 is 18.9 Å². The summed E-state index contributed by atoms with van der Waals surface area (Å²) in [5.41, 5.74) is 4.35. The predicted octanol–water partition coefficient (Wildman–Crippen LogP) is 8.99. The number of ether oxygens (including phenoxy) is 4. The summed E-state index contributed by atoms with van der Waals surface area (Å²) in [7, 11) is -1.51. The average molecular weight is 1000 g/mol. The molecule has 3 aliphatic heterocycles. The van der Waals surface area contributed by atoms with Gasteiger partial charge in [0.2, 0.25) is 12.0 Å². The van der Waals surface area contributed by atoms with E-state index >= 15 is 0 Å². The van der Waals surface area contributed by atoms with Crippen molar-refractivity contribution in [2.75, 3.05) is 52.6 Å². The number of aromatic nitrogens is 4. The molecule has 19 heteroatoms. The number of piperazine rings is 1. The molecule has 7 aromatic rings. The molecular weight excluding hydrogens is 955 g/mol. The molecule has 1 saturated heterocycles. The molecule has 4 bridgehead atoms. The number of hydrogen-bond donors (Lipinski definition) is 1. The summed E-state index contributed by atoms with van der Waals surface area (Å²) >= 11 is 15.9. The molecule has 1 fully saturated rings. The fourth-order valence-electron chi connectivity index (χ4n) is 8.45. The molecule has 10 rings (SSSR count). The number of aliphatic carboxylic acids is 1. The lowest BCUT2D eigenvalue weighted by molar-refractivity contribution is -0.145. The molecule has 1 N–H and O–H groups in total. The minimum atomic E-state index is -3.60. The Bertz CT molecular complexity index is 3140. The van der Waals surface area contributed by atoms with Crippen LogP contribution in [0.1, 0.15) is 22.4 Å².